The van der Waals surface area contributed by atoms with Crippen LogP contribution in [0.1, 0.15) is 18.9 Å². The lowest BCUT2D eigenvalue weighted by Gasteiger charge is -2.31. The van der Waals surface area contributed by atoms with Gasteiger partial charge in [0.2, 0.25) is 17.7 Å². The minimum atomic E-state index is -0.457. The summed E-state index contributed by atoms with van der Waals surface area (Å²) in [7, 11) is 0. The Morgan fingerprint density at radius 2 is 1.78 bits per heavy atom. The van der Waals surface area contributed by atoms with Crippen LogP contribution in [0.2, 0.25) is 0 Å². The molecule has 6 nitrogen and oxygen atoms in total. The molecule has 2 heterocycles. The first-order chi connectivity index (χ1) is 13.1. The van der Waals surface area contributed by atoms with E-state index in [2.05, 4.69) is 5.32 Å². The molecular formula is C21H21N3O3. The number of rotatable bonds is 3. The number of fused-ring (bicyclic) bond motifs is 1. The molecule has 2 aromatic carbocycles. The number of anilines is 3. The first-order valence-corrected chi connectivity index (χ1v) is 9.17. The van der Waals surface area contributed by atoms with Crippen molar-refractivity contribution in [2.75, 3.05) is 28.2 Å². The van der Waals surface area contributed by atoms with Crippen molar-refractivity contribution in [3.05, 3.63) is 54.1 Å². The highest BCUT2D eigenvalue weighted by atomic mass is 16.2. The molecule has 27 heavy (non-hydrogen) atoms. The van der Waals surface area contributed by atoms with E-state index in [0.717, 1.165) is 17.7 Å². The van der Waals surface area contributed by atoms with E-state index in [9.17, 15) is 14.4 Å². The maximum absolute atomic E-state index is 13.2. The minimum Gasteiger partial charge on any atom is -0.323 e. The molecule has 0 aromatic heterocycles. The van der Waals surface area contributed by atoms with Gasteiger partial charge in [0.15, 0.2) is 0 Å². The Morgan fingerprint density at radius 1 is 1.07 bits per heavy atom. The monoisotopic (exact) mass is 363 g/mol. The second-order valence-electron chi connectivity index (χ2n) is 6.88. The molecule has 1 fully saturated rings. The fraction of sp³-hybridized carbons (Fsp3) is 0.286. The third-order valence-corrected chi connectivity index (χ3v) is 5.17. The highest BCUT2D eigenvalue weighted by molar-refractivity contribution is 6.12. The summed E-state index contributed by atoms with van der Waals surface area (Å²) in [5.74, 6) is -0.910. The lowest BCUT2D eigenvalue weighted by atomic mass is 10.1. The van der Waals surface area contributed by atoms with E-state index in [1.54, 1.807) is 11.0 Å². The molecule has 138 valence electrons. The molecule has 0 aliphatic carbocycles. The summed E-state index contributed by atoms with van der Waals surface area (Å²) in [4.78, 5) is 41.0. The average molecular weight is 363 g/mol. The van der Waals surface area contributed by atoms with Crippen LogP contribution in [0.3, 0.4) is 0 Å². The Morgan fingerprint density at radius 3 is 2.56 bits per heavy atom. The van der Waals surface area contributed by atoms with Gasteiger partial charge in [0.05, 0.1) is 17.3 Å². The maximum atomic E-state index is 13.2. The van der Waals surface area contributed by atoms with Crippen molar-refractivity contribution < 1.29 is 14.4 Å². The zero-order valence-corrected chi connectivity index (χ0v) is 15.1. The predicted molar refractivity (Wildman–Crippen MR) is 104 cm³/mol. The summed E-state index contributed by atoms with van der Waals surface area (Å²) in [5.41, 5.74) is 3.26. The quantitative estimate of drug-likeness (QED) is 0.911. The molecule has 2 aromatic rings. The number of nitrogens with zero attached hydrogens (tertiary/aromatic N) is 2. The van der Waals surface area contributed by atoms with E-state index in [1.165, 1.54) is 4.90 Å². The first-order valence-electron chi connectivity index (χ1n) is 9.17. The molecule has 2 aliphatic rings. The van der Waals surface area contributed by atoms with Crippen LogP contribution in [-0.4, -0.2) is 30.8 Å². The van der Waals surface area contributed by atoms with Crippen molar-refractivity contribution in [2.24, 2.45) is 5.92 Å². The number of para-hydroxylation sites is 3. The van der Waals surface area contributed by atoms with Gasteiger partial charge in [0, 0.05) is 18.7 Å². The third kappa shape index (κ3) is 3.07. The van der Waals surface area contributed by atoms with Gasteiger partial charge in [-0.3, -0.25) is 14.4 Å². The molecule has 0 radical (unpaired) electrons. The van der Waals surface area contributed by atoms with E-state index in [4.69, 9.17) is 0 Å². The topological polar surface area (TPSA) is 69.7 Å². The number of hydrogen-bond acceptors (Lipinski definition) is 3. The molecule has 0 spiro atoms. The van der Waals surface area contributed by atoms with Gasteiger partial charge in [-0.2, -0.15) is 0 Å². The summed E-state index contributed by atoms with van der Waals surface area (Å²) >= 11 is 0. The van der Waals surface area contributed by atoms with Crippen molar-refractivity contribution in [1.29, 1.82) is 0 Å². The number of carbonyl (C=O) groups is 3. The fourth-order valence-electron chi connectivity index (χ4n) is 3.83. The predicted octanol–water partition coefficient (Wildman–Crippen LogP) is 2.59. The summed E-state index contributed by atoms with van der Waals surface area (Å²) in [6.45, 7) is 2.37. The number of aryl methyl sites for hydroxylation is 1. The Labute approximate surface area is 157 Å². The Balaban J connectivity index is 1.59. The molecule has 0 bridgehead atoms. The molecule has 0 unspecified atom stereocenters. The van der Waals surface area contributed by atoms with Gasteiger partial charge in [-0.25, -0.2) is 0 Å². The molecule has 1 N–H and O–H groups in total. The van der Waals surface area contributed by atoms with Crippen molar-refractivity contribution in [3.8, 4) is 0 Å². The van der Waals surface area contributed by atoms with Crippen LogP contribution >= 0.6 is 0 Å². The van der Waals surface area contributed by atoms with E-state index >= 15 is 0 Å². The summed E-state index contributed by atoms with van der Waals surface area (Å²) in [6, 6.07) is 15.0. The number of amides is 3. The molecule has 0 saturated carbocycles. The smallest absolute Gasteiger partial charge is 0.244 e. The molecular weight excluding hydrogens is 342 g/mol. The van der Waals surface area contributed by atoms with Crippen molar-refractivity contribution >= 4 is 34.8 Å². The number of benzene rings is 2. The SMILES string of the molecule is CCc1ccccc1N1C[C@@H](C(=O)N2CC(=O)Nc3ccccc32)CC1=O. The van der Waals surface area contributed by atoms with Crippen LogP contribution in [0.4, 0.5) is 17.1 Å². The van der Waals surface area contributed by atoms with Crippen LogP contribution in [0.5, 0.6) is 0 Å². The highest BCUT2D eigenvalue weighted by Crippen LogP contribution is 2.33. The highest BCUT2D eigenvalue weighted by Gasteiger charge is 2.39. The van der Waals surface area contributed by atoms with E-state index in [1.807, 2.05) is 49.4 Å². The van der Waals surface area contributed by atoms with Crippen LogP contribution in [0, 0.1) is 5.92 Å². The lowest BCUT2D eigenvalue weighted by Crippen LogP contribution is -2.45. The van der Waals surface area contributed by atoms with Crippen LogP contribution in [0.25, 0.3) is 0 Å². The van der Waals surface area contributed by atoms with Gasteiger partial charge in [-0.05, 0) is 30.2 Å². The van der Waals surface area contributed by atoms with Crippen molar-refractivity contribution in [2.45, 2.75) is 19.8 Å². The number of nitrogens with one attached hydrogen (secondary N) is 1. The van der Waals surface area contributed by atoms with E-state index in [0.29, 0.717) is 17.9 Å². The summed E-state index contributed by atoms with van der Waals surface area (Å²) in [5, 5.41) is 2.78. The number of carbonyl (C=O) groups excluding carboxylic acids is 3. The van der Waals surface area contributed by atoms with Crippen molar-refractivity contribution in [3.63, 3.8) is 0 Å². The summed E-state index contributed by atoms with van der Waals surface area (Å²) < 4.78 is 0. The van der Waals surface area contributed by atoms with Gasteiger partial charge < -0.3 is 15.1 Å². The zero-order valence-electron chi connectivity index (χ0n) is 15.1. The maximum Gasteiger partial charge on any atom is 0.244 e. The standard InChI is InChI=1S/C21H21N3O3/c1-2-14-7-3-5-9-17(14)23-12-15(11-20(23)26)21(27)24-13-19(25)22-16-8-4-6-10-18(16)24/h3-10,15H,2,11-13H2,1H3,(H,22,25)/t15-/m0/s1. The first kappa shape index (κ1) is 17.3. The largest absolute Gasteiger partial charge is 0.323 e. The molecule has 4 rings (SSSR count). The van der Waals surface area contributed by atoms with E-state index < -0.39 is 5.92 Å². The van der Waals surface area contributed by atoms with Gasteiger partial charge in [-0.1, -0.05) is 37.3 Å². The summed E-state index contributed by atoms with van der Waals surface area (Å²) in [6.07, 6.45) is 0.982. The Hall–Kier alpha value is -3.15. The number of hydrogen-bond donors (Lipinski definition) is 1. The van der Waals surface area contributed by atoms with Gasteiger partial charge in [0.25, 0.3) is 0 Å². The molecule has 1 saturated heterocycles. The average Bonchev–Trinajstić information content (AvgIpc) is 3.08. The molecule has 6 heteroatoms. The minimum absolute atomic E-state index is 0.0217. The second kappa shape index (κ2) is 6.87. The third-order valence-electron chi connectivity index (χ3n) is 5.17. The van der Waals surface area contributed by atoms with Gasteiger partial charge in [-0.15, -0.1) is 0 Å². The second-order valence-corrected chi connectivity index (χ2v) is 6.88. The van der Waals surface area contributed by atoms with Crippen LogP contribution in [-0.2, 0) is 20.8 Å². The van der Waals surface area contributed by atoms with Gasteiger partial charge >= 0.3 is 0 Å². The van der Waals surface area contributed by atoms with Crippen molar-refractivity contribution in [1.82, 2.24) is 0 Å². The lowest BCUT2D eigenvalue weighted by molar-refractivity contribution is -0.125. The molecule has 2 aliphatic heterocycles. The van der Waals surface area contributed by atoms with Crippen LogP contribution in [0.15, 0.2) is 48.5 Å². The van der Waals surface area contributed by atoms with Gasteiger partial charge in [0.1, 0.15) is 6.54 Å². The Bertz CT molecular complexity index is 924. The van der Waals surface area contributed by atoms with Crippen LogP contribution < -0.4 is 15.1 Å². The molecule has 3 amide bonds. The van der Waals surface area contributed by atoms with E-state index in [-0.39, 0.29) is 30.7 Å². The Kier molecular flexibility index (Phi) is 4.39. The fourth-order valence-corrected chi connectivity index (χ4v) is 3.83. The normalized spacial score (nSPS) is 19.1. The molecule has 1 atom stereocenters. The zero-order chi connectivity index (χ0) is 19.0.